The van der Waals surface area contributed by atoms with Gasteiger partial charge in [-0.15, -0.1) is 11.3 Å². The molecule has 9 heteroatoms. The molecule has 36 heavy (non-hydrogen) atoms. The predicted octanol–water partition coefficient (Wildman–Crippen LogP) is 5.25. The second-order valence-corrected chi connectivity index (χ2v) is 9.21. The zero-order valence-electron chi connectivity index (χ0n) is 19.8. The molecule has 0 radical (unpaired) electrons. The van der Waals surface area contributed by atoms with Crippen molar-refractivity contribution < 1.29 is 18.4 Å². The van der Waals surface area contributed by atoms with Gasteiger partial charge in [-0.25, -0.2) is 13.8 Å². The minimum Gasteiger partial charge on any atom is -0.347 e. The number of hydrogen-bond acceptors (Lipinski definition) is 4. The predicted molar refractivity (Wildman–Crippen MR) is 135 cm³/mol. The molecular formula is C27H26F2N4O2S. The van der Waals surface area contributed by atoms with Crippen molar-refractivity contribution in [3.8, 4) is 0 Å². The molecule has 0 saturated heterocycles. The lowest BCUT2D eigenvalue weighted by Crippen LogP contribution is -2.32. The van der Waals surface area contributed by atoms with Gasteiger partial charge in [0.1, 0.15) is 22.3 Å². The number of aromatic nitrogens is 2. The summed E-state index contributed by atoms with van der Waals surface area (Å²) >= 11 is 1.37. The fourth-order valence-corrected chi connectivity index (χ4v) is 4.55. The van der Waals surface area contributed by atoms with Crippen LogP contribution < -0.4 is 5.32 Å². The second kappa shape index (κ2) is 11.7. The molecule has 186 valence electrons. The highest BCUT2D eigenvalue weighted by atomic mass is 32.1. The lowest BCUT2D eigenvalue weighted by Gasteiger charge is -2.23. The Kier molecular flexibility index (Phi) is 8.22. The Labute approximate surface area is 212 Å². The van der Waals surface area contributed by atoms with Crippen LogP contribution in [0.15, 0.2) is 72.2 Å². The summed E-state index contributed by atoms with van der Waals surface area (Å²) in [6, 6.07) is 15.7. The Morgan fingerprint density at radius 2 is 1.83 bits per heavy atom. The first-order valence-corrected chi connectivity index (χ1v) is 12.5. The van der Waals surface area contributed by atoms with E-state index in [0.29, 0.717) is 25.3 Å². The molecule has 0 unspecified atom stereocenters. The highest BCUT2D eigenvalue weighted by molar-refractivity contribution is 7.09. The third-order valence-electron chi connectivity index (χ3n) is 5.62. The summed E-state index contributed by atoms with van der Waals surface area (Å²) in [5.41, 5.74) is 2.04. The molecular weight excluding hydrogens is 482 g/mol. The Balaban J connectivity index is 1.41. The molecule has 0 saturated carbocycles. The van der Waals surface area contributed by atoms with E-state index in [9.17, 15) is 18.4 Å². The quantitative estimate of drug-likeness (QED) is 0.318. The number of nitrogens with one attached hydrogen (secondary N) is 1. The first kappa shape index (κ1) is 25.2. The number of carbonyl (C=O) groups excluding carboxylic acids is 2. The Bertz CT molecular complexity index is 1330. The molecule has 0 fully saturated rings. The smallest absolute Gasteiger partial charge is 0.271 e. The summed E-state index contributed by atoms with van der Waals surface area (Å²) < 4.78 is 29.2. The lowest BCUT2D eigenvalue weighted by molar-refractivity contribution is 0.0734. The zero-order chi connectivity index (χ0) is 25.5. The van der Waals surface area contributed by atoms with Crippen molar-refractivity contribution in [3.63, 3.8) is 0 Å². The molecule has 2 heterocycles. The number of thiazole rings is 1. The van der Waals surface area contributed by atoms with Gasteiger partial charge in [0.05, 0.1) is 18.7 Å². The van der Waals surface area contributed by atoms with Crippen molar-refractivity contribution in [2.75, 3.05) is 6.54 Å². The number of nitrogens with zero attached hydrogens (tertiary/aromatic N) is 3. The monoisotopic (exact) mass is 508 g/mol. The van der Waals surface area contributed by atoms with Gasteiger partial charge in [-0.2, -0.15) is 0 Å². The van der Waals surface area contributed by atoms with E-state index in [1.807, 2.05) is 29.8 Å². The summed E-state index contributed by atoms with van der Waals surface area (Å²) in [7, 11) is 0. The van der Waals surface area contributed by atoms with Crippen LogP contribution in [0.4, 0.5) is 8.78 Å². The van der Waals surface area contributed by atoms with Gasteiger partial charge in [-0.3, -0.25) is 9.59 Å². The molecule has 0 aliphatic carbocycles. The highest BCUT2D eigenvalue weighted by Crippen LogP contribution is 2.17. The van der Waals surface area contributed by atoms with Gasteiger partial charge in [0.25, 0.3) is 11.8 Å². The summed E-state index contributed by atoms with van der Waals surface area (Å²) in [6.45, 7) is 3.50. The molecule has 2 aromatic heterocycles. The van der Waals surface area contributed by atoms with E-state index in [2.05, 4.69) is 10.3 Å². The fraction of sp³-hybridized carbons (Fsp3) is 0.222. The first-order chi connectivity index (χ1) is 17.4. The summed E-state index contributed by atoms with van der Waals surface area (Å²) in [4.78, 5) is 31.6. The third-order valence-corrected chi connectivity index (χ3v) is 6.45. The van der Waals surface area contributed by atoms with Crippen molar-refractivity contribution in [3.05, 3.63) is 111 Å². The molecule has 1 N–H and O–H groups in total. The van der Waals surface area contributed by atoms with Crippen LogP contribution in [0.3, 0.4) is 0 Å². The van der Waals surface area contributed by atoms with Crippen LogP contribution in [0, 0.1) is 11.6 Å². The minimum atomic E-state index is -0.535. The van der Waals surface area contributed by atoms with Crippen LogP contribution >= 0.6 is 11.3 Å². The van der Waals surface area contributed by atoms with E-state index < -0.39 is 5.82 Å². The van der Waals surface area contributed by atoms with Crippen molar-refractivity contribution >= 4 is 23.2 Å². The third kappa shape index (κ3) is 6.23. The molecule has 0 bridgehead atoms. The SMILES string of the molecule is CCCN(Cc1cccn1Cc1nc(C(=O)NCc2ccc(F)cc2)cs1)C(=O)c1ccccc1F. The topological polar surface area (TPSA) is 67.2 Å². The summed E-state index contributed by atoms with van der Waals surface area (Å²) in [5.74, 6) is -1.52. The van der Waals surface area contributed by atoms with Crippen molar-refractivity contribution in [1.29, 1.82) is 0 Å². The summed E-state index contributed by atoms with van der Waals surface area (Å²) in [6.07, 6.45) is 2.63. The number of benzene rings is 2. The van der Waals surface area contributed by atoms with E-state index in [-0.39, 0.29) is 29.7 Å². The van der Waals surface area contributed by atoms with E-state index in [1.54, 1.807) is 34.5 Å². The van der Waals surface area contributed by atoms with E-state index in [1.165, 1.54) is 35.6 Å². The molecule has 0 spiro atoms. The molecule has 2 amide bonds. The zero-order valence-corrected chi connectivity index (χ0v) is 20.6. The van der Waals surface area contributed by atoms with Gasteiger partial charge in [0, 0.05) is 30.4 Å². The minimum absolute atomic E-state index is 0.0558. The molecule has 0 atom stereocenters. The van der Waals surface area contributed by atoms with Crippen molar-refractivity contribution in [2.24, 2.45) is 0 Å². The Hall–Kier alpha value is -3.85. The van der Waals surface area contributed by atoms with Crippen LogP contribution in [0.25, 0.3) is 0 Å². The first-order valence-electron chi connectivity index (χ1n) is 11.6. The van der Waals surface area contributed by atoms with Gasteiger partial charge < -0.3 is 14.8 Å². The standard InChI is InChI=1S/C27H26F2N4O2S/c1-2-13-33(27(35)22-7-3-4-8-23(22)29)16-21-6-5-14-32(21)17-25-31-24(18-36-25)26(34)30-15-19-9-11-20(28)12-10-19/h3-12,14,18H,2,13,15-17H2,1H3,(H,30,34). The normalized spacial score (nSPS) is 10.9. The Morgan fingerprint density at radius 3 is 2.58 bits per heavy atom. The molecule has 0 aliphatic heterocycles. The van der Waals surface area contributed by atoms with Gasteiger partial charge in [0.15, 0.2) is 0 Å². The average molecular weight is 509 g/mol. The number of rotatable bonds is 10. The molecule has 2 aromatic carbocycles. The Morgan fingerprint density at radius 1 is 1.06 bits per heavy atom. The molecule has 4 aromatic rings. The number of halogens is 2. The van der Waals surface area contributed by atoms with Gasteiger partial charge in [-0.1, -0.05) is 31.2 Å². The summed E-state index contributed by atoms with van der Waals surface area (Å²) in [5, 5.41) is 5.23. The van der Waals surface area contributed by atoms with Crippen molar-refractivity contribution in [2.45, 2.75) is 33.0 Å². The largest absolute Gasteiger partial charge is 0.347 e. The maximum Gasteiger partial charge on any atom is 0.271 e. The molecule has 0 aliphatic rings. The van der Waals surface area contributed by atoms with Crippen LogP contribution in [-0.4, -0.2) is 32.8 Å². The molecule has 4 rings (SSSR count). The fourth-order valence-electron chi connectivity index (χ4n) is 3.78. The molecule has 6 nitrogen and oxygen atoms in total. The average Bonchev–Trinajstić information content (AvgIpc) is 3.53. The van der Waals surface area contributed by atoms with Crippen LogP contribution in [-0.2, 0) is 19.6 Å². The lowest BCUT2D eigenvalue weighted by atomic mass is 10.1. The maximum absolute atomic E-state index is 14.2. The van der Waals surface area contributed by atoms with Gasteiger partial charge >= 0.3 is 0 Å². The van der Waals surface area contributed by atoms with E-state index >= 15 is 0 Å². The number of hydrogen-bond donors (Lipinski definition) is 1. The van der Waals surface area contributed by atoms with Crippen LogP contribution in [0.1, 0.15) is 50.5 Å². The van der Waals surface area contributed by atoms with Crippen molar-refractivity contribution in [1.82, 2.24) is 19.8 Å². The van der Waals surface area contributed by atoms with Crippen LogP contribution in [0.5, 0.6) is 0 Å². The highest BCUT2D eigenvalue weighted by Gasteiger charge is 2.20. The number of carbonyl (C=O) groups is 2. The maximum atomic E-state index is 14.2. The van der Waals surface area contributed by atoms with Gasteiger partial charge in [-0.05, 0) is 48.4 Å². The van der Waals surface area contributed by atoms with E-state index in [0.717, 1.165) is 22.7 Å². The van der Waals surface area contributed by atoms with Gasteiger partial charge in [0.2, 0.25) is 0 Å². The second-order valence-electron chi connectivity index (χ2n) is 8.27. The van der Waals surface area contributed by atoms with E-state index in [4.69, 9.17) is 0 Å². The van der Waals surface area contributed by atoms with Crippen LogP contribution in [0.2, 0.25) is 0 Å². The number of amides is 2.